The van der Waals surface area contributed by atoms with Gasteiger partial charge in [-0.15, -0.1) is 0 Å². The van der Waals surface area contributed by atoms with Crippen LogP contribution in [0.3, 0.4) is 0 Å². The van der Waals surface area contributed by atoms with Gasteiger partial charge in [0, 0.05) is 13.0 Å². The molecule has 2 aliphatic heterocycles. The van der Waals surface area contributed by atoms with Crippen molar-refractivity contribution in [3.8, 4) is 0 Å². The molecule has 2 rings (SSSR count). The number of hydrogen-bond donors (Lipinski definition) is 5. The Morgan fingerprint density at radius 1 is 0.974 bits per heavy atom. The highest BCUT2D eigenvalue weighted by Crippen LogP contribution is 2.10. The molecule has 2 aliphatic rings. The van der Waals surface area contributed by atoms with E-state index in [0.29, 0.717) is 18.7 Å². The van der Waals surface area contributed by atoms with Crippen molar-refractivity contribution in [2.24, 2.45) is 9.98 Å². The van der Waals surface area contributed by atoms with Crippen LogP contribution in [-0.2, 0) is 9.59 Å². The number of carbonyl (C=O) groups is 2. The van der Waals surface area contributed by atoms with Gasteiger partial charge in [-0.1, -0.05) is 67.7 Å². The maximum atomic E-state index is 12.4. The highest BCUT2D eigenvalue weighted by Gasteiger charge is 2.38. The van der Waals surface area contributed by atoms with Gasteiger partial charge in [0.15, 0.2) is 0 Å². The van der Waals surface area contributed by atoms with E-state index in [1.165, 1.54) is 6.92 Å². The molecule has 0 aliphatic carbocycles. The molecule has 0 aromatic heterocycles. The Bertz CT molecular complexity index is 962. The second-order valence-corrected chi connectivity index (χ2v) is 9.24. The van der Waals surface area contributed by atoms with E-state index in [4.69, 9.17) is 0 Å². The number of carbonyl (C=O) groups excluding carboxylic acids is 2. The minimum Gasteiger partial charge on any atom is -0.391 e. The van der Waals surface area contributed by atoms with Gasteiger partial charge in [0.2, 0.25) is 11.9 Å². The average Bonchev–Trinajstić information content (AvgIpc) is 2.89. The normalized spacial score (nSPS) is 21.7. The third-order valence-corrected chi connectivity index (χ3v) is 5.94. The zero-order chi connectivity index (χ0) is 27.6. The van der Waals surface area contributed by atoms with E-state index in [0.717, 1.165) is 38.5 Å². The summed E-state index contributed by atoms with van der Waals surface area (Å²) in [4.78, 5) is 32.7. The van der Waals surface area contributed by atoms with Crippen LogP contribution in [-0.4, -0.2) is 64.7 Å². The Kier molecular flexibility index (Phi) is 14.9. The monoisotopic (exact) mass is 525 g/mol. The summed E-state index contributed by atoms with van der Waals surface area (Å²) in [6.07, 6.45) is 26.1. The molecule has 2 amide bonds. The van der Waals surface area contributed by atoms with Gasteiger partial charge in [0.25, 0.3) is 5.91 Å². The smallest absolute Gasteiger partial charge is 0.273 e. The fraction of sp³-hybridized carbons (Fsp3) is 0.517. The van der Waals surface area contributed by atoms with Crippen molar-refractivity contribution in [3.63, 3.8) is 0 Å². The van der Waals surface area contributed by atoms with Crippen LogP contribution in [0.4, 0.5) is 0 Å². The molecule has 0 spiro atoms. The minimum atomic E-state index is -1.04. The number of aliphatic hydroxyl groups excluding tert-OH is 2. The molecule has 1 fully saturated rings. The molecule has 2 heterocycles. The van der Waals surface area contributed by atoms with Crippen molar-refractivity contribution in [2.45, 2.75) is 89.5 Å². The number of rotatable bonds is 15. The molecule has 0 aromatic carbocycles. The molecule has 0 radical (unpaired) electrons. The molecule has 1 saturated heterocycles. The van der Waals surface area contributed by atoms with Gasteiger partial charge in [0.1, 0.15) is 11.9 Å². The number of fused-ring (bicyclic) bond motifs is 1. The lowest BCUT2D eigenvalue weighted by Gasteiger charge is -2.36. The highest BCUT2D eigenvalue weighted by atomic mass is 16.3. The van der Waals surface area contributed by atoms with E-state index in [-0.39, 0.29) is 18.4 Å². The van der Waals surface area contributed by atoms with Crippen molar-refractivity contribution in [2.75, 3.05) is 6.54 Å². The topological polar surface area (TPSA) is 135 Å². The summed E-state index contributed by atoms with van der Waals surface area (Å²) in [6.45, 7) is 3.90. The highest BCUT2D eigenvalue weighted by molar-refractivity contribution is 6.19. The number of aliphatic hydroxyl groups is 2. The Morgan fingerprint density at radius 2 is 1.55 bits per heavy atom. The van der Waals surface area contributed by atoms with E-state index >= 15 is 0 Å². The maximum Gasteiger partial charge on any atom is 0.273 e. The Morgan fingerprint density at radius 3 is 2.13 bits per heavy atom. The average molecular weight is 526 g/mol. The zero-order valence-electron chi connectivity index (χ0n) is 22.6. The fourth-order valence-electron chi connectivity index (χ4n) is 3.82. The van der Waals surface area contributed by atoms with Crippen LogP contribution in [0.25, 0.3) is 0 Å². The van der Waals surface area contributed by atoms with Crippen molar-refractivity contribution >= 4 is 23.6 Å². The maximum absolute atomic E-state index is 12.4. The molecule has 9 nitrogen and oxygen atoms in total. The SMILES string of the molecule is CC/C=C\C/C=C\C/C=C\C/C=C\C/C=C\CCCC(=O)NC1=NC(=O)C2N[C@@H]([C@@H](O)[C@H](C)O)CNC2=N1. The summed E-state index contributed by atoms with van der Waals surface area (Å²) >= 11 is 0. The lowest BCUT2D eigenvalue weighted by atomic mass is 10.0. The summed E-state index contributed by atoms with van der Waals surface area (Å²) in [5.41, 5.74) is 0. The van der Waals surface area contributed by atoms with Crippen LogP contribution in [0, 0.1) is 0 Å². The van der Waals surface area contributed by atoms with Crippen LogP contribution < -0.4 is 16.0 Å². The first-order valence-electron chi connectivity index (χ1n) is 13.5. The lowest BCUT2D eigenvalue weighted by molar-refractivity contribution is -0.119. The van der Waals surface area contributed by atoms with Crippen molar-refractivity contribution in [3.05, 3.63) is 60.8 Å². The molecule has 1 unspecified atom stereocenters. The number of guanidine groups is 1. The van der Waals surface area contributed by atoms with Gasteiger partial charge < -0.3 is 15.5 Å². The summed E-state index contributed by atoms with van der Waals surface area (Å²) < 4.78 is 0. The molecule has 0 bridgehead atoms. The van der Waals surface area contributed by atoms with E-state index in [9.17, 15) is 19.8 Å². The van der Waals surface area contributed by atoms with E-state index in [1.54, 1.807) is 0 Å². The number of hydrogen-bond acceptors (Lipinski definition) is 7. The molecule has 0 aromatic rings. The third kappa shape index (κ3) is 11.9. The number of piperazine rings is 1. The molecular formula is C29H43N5O4. The van der Waals surface area contributed by atoms with Gasteiger partial charge >= 0.3 is 0 Å². The second-order valence-electron chi connectivity index (χ2n) is 9.24. The van der Waals surface area contributed by atoms with Crippen molar-refractivity contribution in [1.29, 1.82) is 0 Å². The molecule has 5 N–H and O–H groups in total. The first-order valence-corrected chi connectivity index (χ1v) is 13.5. The molecule has 38 heavy (non-hydrogen) atoms. The second kappa shape index (κ2) is 18.2. The first kappa shape index (κ1) is 31.1. The zero-order valence-corrected chi connectivity index (χ0v) is 22.6. The quantitative estimate of drug-likeness (QED) is 0.165. The van der Waals surface area contributed by atoms with Crippen LogP contribution in [0.2, 0.25) is 0 Å². The van der Waals surface area contributed by atoms with E-state index < -0.39 is 30.2 Å². The number of unbranched alkanes of at least 4 members (excludes halogenated alkanes) is 1. The molecule has 0 saturated carbocycles. The van der Waals surface area contributed by atoms with Gasteiger partial charge in [-0.05, 0) is 51.9 Å². The first-order chi connectivity index (χ1) is 18.4. The van der Waals surface area contributed by atoms with Crippen LogP contribution in [0.1, 0.15) is 65.2 Å². The Balaban J connectivity index is 1.57. The van der Waals surface area contributed by atoms with E-state index in [1.807, 2.05) is 0 Å². The number of nitrogens with one attached hydrogen (secondary N) is 3. The summed E-state index contributed by atoms with van der Waals surface area (Å²) in [7, 11) is 0. The third-order valence-electron chi connectivity index (χ3n) is 5.94. The number of nitrogens with zero attached hydrogens (tertiary/aromatic N) is 2. The van der Waals surface area contributed by atoms with Crippen molar-refractivity contribution < 1.29 is 19.8 Å². The molecule has 4 atom stereocenters. The largest absolute Gasteiger partial charge is 0.391 e. The van der Waals surface area contributed by atoms with Gasteiger partial charge in [0.05, 0.1) is 18.2 Å². The summed E-state index contributed by atoms with van der Waals surface area (Å²) in [6, 6.07) is -1.36. The Hall–Kier alpha value is -3.14. The fourth-order valence-corrected chi connectivity index (χ4v) is 3.82. The number of allylic oxidation sites excluding steroid dienone is 10. The van der Waals surface area contributed by atoms with E-state index in [2.05, 4.69) is 93.6 Å². The van der Waals surface area contributed by atoms with Gasteiger partial charge in [-0.3, -0.25) is 20.2 Å². The lowest BCUT2D eigenvalue weighted by Crippen LogP contribution is -2.66. The number of aliphatic imine (C=N–C) groups is 2. The molecule has 208 valence electrons. The predicted molar refractivity (Wildman–Crippen MR) is 153 cm³/mol. The van der Waals surface area contributed by atoms with Crippen LogP contribution >= 0.6 is 0 Å². The van der Waals surface area contributed by atoms with Crippen LogP contribution in [0.15, 0.2) is 70.7 Å². The van der Waals surface area contributed by atoms with Crippen LogP contribution in [0.5, 0.6) is 0 Å². The summed E-state index contributed by atoms with van der Waals surface area (Å²) in [5, 5.41) is 28.1. The minimum absolute atomic E-state index is 0.0371. The number of amidine groups is 1. The molecule has 9 heteroatoms. The van der Waals surface area contributed by atoms with Gasteiger partial charge in [-0.25, -0.2) is 0 Å². The Labute approximate surface area is 226 Å². The molecular weight excluding hydrogens is 482 g/mol. The van der Waals surface area contributed by atoms with Crippen molar-refractivity contribution in [1.82, 2.24) is 16.0 Å². The van der Waals surface area contributed by atoms with Gasteiger partial charge in [-0.2, -0.15) is 9.98 Å². The number of amides is 2. The standard InChI is InChI=1S/C29H43N5O4/c1-3-4-5-6-7-8-9-10-11-12-13-14-15-16-17-18-19-20-24(36)32-29-33-27-25(28(38)34-29)31-23(21-30-27)26(37)22(2)35/h4-5,7-8,10-11,13-14,16-17,22-23,25-26,31,35,37H,3,6,9,12,15,18-21H2,1-2H3,(H2,30,32,33,34,36,38)/b5-4-,8-7-,11-10-,14-13-,17-16-/t22-,23+,25?,26-/m0/s1. The summed E-state index contributed by atoms with van der Waals surface area (Å²) in [5.74, 6) is -0.463. The predicted octanol–water partition coefficient (Wildman–Crippen LogP) is 2.99.